The number of nitrogens with two attached hydrogens (primary N) is 1. The molecule has 0 fully saturated rings. The summed E-state index contributed by atoms with van der Waals surface area (Å²) in [6, 6.07) is 5.17. The van der Waals surface area contributed by atoms with E-state index in [0.717, 1.165) is 47.9 Å². The van der Waals surface area contributed by atoms with Crippen LogP contribution in [0.4, 0.5) is 24.7 Å². The molecule has 1 aromatic carbocycles. The molecule has 1 amide bonds. The molecule has 0 atom stereocenters. The summed E-state index contributed by atoms with van der Waals surface area (Å²) < 4.78 is 48.2. The summed E-state index contributed by atoms with van der Waals surface area (Å²) in [5, 5.41) is 6.29. The second-order valence-electron chi connectivity index (χ2n) is 8.32. The minimum atomic E-state index is -4.62. The van der Waals surface area contributed by atoms with Gasteiger partial charge >= 0.3 is 6.18 Å². The van der Waals surface area contributed by atoms with Crippen molar-refractivity contribution in [3.8, 4) is 11.4 Å². The topological polar surface area (TPSA) is 113 Å². The third-order valence-electron chi connectivity index (χ3n) is 6.17. The van der Waals surface area contributed by atoms with Crippen LogP contribution in [0.25, 0.3) is 16.7 Å². The number of amides is 1. The molecule has 1 aliphatic carbocycles. The van der Waals surface area contributed by atoms with Crippen LogP contribution >= 0.6 is 0 Å². The summed E-state index contributed by atoms with van der Waals surface area (Å²) in [5.74, 6) is 0.0827. The number of aryl methyl sites for hydroxylation is 2. The van der Waals surface area contributed by atoms with Crippen LogP contribution < -0.4 is 15.8 Å². The molecule has 3 aromatic heterocycles. The number of nitrogens with one attached hydrogen (secondary N) is 1. The Balaban J connectivity index is 1.47. The molecule has 0 spiro atoms. The van der Waals surface area contributed by atoms with E-state index in [1.165, 1.54) is 20.5 Å². The van der Waals surface area contributed by atoms with Gasteiger partial charge in [0.25, 0.3) is 0 Å². The zero-order valence-electron chi connectivity index (χ0n) is 19.0. The Hall–Kier alpha value is -4.09. The van der Waals surface area contributed by atoms with Crippen LogP contribution in [0.3, 0.4) is 0 Å². The van der Waals surface area contributed by atoms with Crippen LogP contribution in [-0.4, -0.2) is 37.3 Å². The number of halogens is 3. The maximum Gasteiger partial charge on any atom is 0.433 e. The van der Waals surface area contributed by atoms with Crippen molar-refractivity contribution in [3.63, 3.8) is 0 Å². The van der Waals surface area contributed by atoms with Crippen LogP contribution in [-0.2, 0) is 37.3 Å². The number of nitrogens with zero attached hydrogens (tertiary/aromatic N) is 5. The van der Waals surface area contributed by atoms with Gasteiger partial charge in [0, 0.05) is 30.1 Å². The first-order valence-electron chi connectivity index (χ1n) is 10.9. The molecular weight excluding hydrogens is 463 g/mol. The van der Waals surface area contributed by atoms with E-state index >= 15 is 0 Å². The lowest BCUT2D eigenvalue weighted by Crippen LogP contribution is -2.19. The summed E-state index contributed by atoms with van der Waals surface area (Å²) in [4.78, 5) is 21.2. The number of nitrogen functional groups attached to an aromatic ring is 1. The van der Waals surface area contributed by atoms with Crippen LogP contribution in [0, 0.1) is 0 Å². The summed E-state index contributed by atoms with van der Waals surface area (Å²) in [6.45, 7) is 0. The summed E-state index contributed by atoms with van der Waals surface area (Å²) in [5.41, 5.74) is 9.88. The Morgan fingerprint density at radius 3 is 2.80 bits per heavy atom. The lowest BCUT2D eigenvalue weighted by atomic mass is 10.1. The Labute approximate surface area is 197 Å². The molecule has 12 heteroatoms. The normalized spacial score (nSPS) is 13.3. The number of carbonyl (C=O) groups excluding carboxylic acids is 1. The molecule has 0 saturated carbocycles. The smallest absolute Gasteiger partial charge is 0.433 e. The maximum absolute atomic E-state index is 13.3. The van der Waals surface area contributed by atoms with Gasteiger partial charge < -0.3 is 20.4 Å². The van der Waals surface area contributed by atoms with Crippen LogP contribution in [0.5, 0.6) is 5.75 Å². The van der Waals surface area contributed by atoms with Gasteiger partial charge in [-0.3, -0.25) is 9.48 Å². The molecule has 0 bridgehead atoms. The number of hydrogen-bond acceptors (Lipinski definition) is 6. The van der Waals surface area contributed by atoms with E-state index in [2.05, 4.69) is 20.4 Å². The molecule has 0 unspecified atom stereocenters. The molecule has 3 heterocycles. The van der Waals surface area contributed by atoms with Gasteiger partial charge in [-0.1, -0.05) is 0 Å². The van der Waals surface area contributed by atoms with Gasteiger partial charge in [0.05, 0.1) is 30.9 Å². The summed E-state index contributed by atoms with van der Waals surface area (Å²) >= 11 is 0. The van der Waals surface area contributed by atoms with Crippen molar-refractivity contribution in [2.24, 2.45) is 7.05 Å². The Morgan fingerprint density at radius 2 is 2.06 bits per heavy atom. The third kappa shape index (κ3) is 3.84. The first-order chi connectivity index (χ1) is 16.7. The Morgan fingerprint density at radius 1 is 1.26 bits per heavy atom. The van der Waals surface area contributed by atoms with Gasteiger partial charge in [0.1, 0.15) is 23.3 Å². The molecule has 0 aliphatic heterocycles. The summed E-state index contributed by atoms with van der Waals surface area (Å²) in [6.07, 6.45) is 0.152. The number of aromatic nitrogens is 5. The fraction of sp³-hybridized carbons (Fsp3) is 0.304. The molecule has 3 N–H and O–H groups in total. The van der Waals surface area contributed by atoms with Gasteiger partial charge in [-0.15, -0.1) is 0 Å². The summed E-state index contributed by atoms with van der Waals surface area (Å²) in [7, 11) is 2.64. The number of benzene rings is 1. The first-order valence-corrected chi connectivity index (χ1v) is 10.9. The zero-order valence-corrected chi connectivity index (χ0v) is 19.0. The van der Waals surface area contributed by atoms with E-state index in [1.54, 1.807) is 18.2 Å². The number of rotatable bonds is 5. The quantitative estimate of drug-likeness (QED) is 0.448. The largest absolute Gasteiger partial charge is 0.494 e. The molecule has 0 radical (unpaired) electrons. The minimum Gasteiger partial charge on any atom is -0.494 e. The monoisotopic (exact) mass is 485 g/mol. The highest BCUT2D eigenvalue weighted by Crippen LogP contribution is 2.38. The number of carbonyl (C=O) groups is 1. The number of fused-ring (bicyclic) bond motifs is 3. The highest BCUT2D eigenvalue weighted by Gasteiger charge is 2.37. The molecular formula is C23H22F3N7O2. The minimum absolute atomic E-state index is 0.210. The highest BCUT2D eigenvalue weighted by atomic mass is 19.4. The number of anilines is 2. The van der Waals surface area contributed by atoms with Crippen molar-refractivity contribution < 1.29 is 22.7 Å². The van der Waals surface area contributed by atoms with Gasteiger partial charge in [-0.25, -0.2) is 9.97 Å². The van der Waals surface area contributed by atoms with Crippen LogP contribution in [0.15, 0.2) is 30.7 Å². The maximum atomic E-state index is 13.3. The highest BCUT2D eigenvalue weighted by molar-refractivity contribution is 5.95. The standard InChI is InChI=1S/C23H22F3N7O2/c1-32-21(23(24,25)26)12(10-30-32)8-18(34)31-15-7-6-13(9-17(15)35-2)33-16-5-3-4-14(16)19-20(33)22(27)29-11-28-19/h6-7,9-11H,3-5,8H2,1-2H3,(H,31,34)(H2,27,28,29). The average Bonchev–Trinajstić information content (AvgIpc) is 3.49. The van der Waals surface area contributed by atoms with Crippen molar-refractivity contribution in [1.82, 2.24) is 24.3 Å². The molecule has 1 aliphatic rings. The van der Waals surface area contributed by atoms with E-state index in [4.69, 9.17) is 10.5 Å². The van der Waals surface area contributed by atoms with E-state index in [9.17, 15) is 18.0 Å². The SMILES string of the molecule is COc1cc(-n2c3c(c4ncnc(N)c42)CCC3)ccc1NC(=O)Cc1cnn(C)c1C(F)(F)F. The number of hydrogen-bond donors (Lipinski definition) is 2. The lowest BCUT2D eigenvalue weighted by molar-refractivity contribution is -0.144. The molecule has 9 nitrogen and oxygen atoms in total. The zero-order chi connectivity index (χ0) is 24.9. The van der Waals surface area contributed by atoms with Crippen molar-refractivity contribution in [1.29, 1.82) is 0 Å². The number of ether oxygens (including phenoxy) is 1. The fourth-order valence-corrected chi connectivity index (χ4v) is 4.75. The molecule has 35 heavy (non-hydrogen) atoms. The molecule has 0 saturated heterocycles. The first kappa shape index (κ1) is 22.7. The van der Waals surface area contributed by atoms with Gasteiger partial charge in [0.15, 0.2) is 5.82 Å². The van der Waals surface area contributed by atoms with Crippen molar-refractivity contribution in [2.75, 3.05) is 18.2 Å². The fourth-order valence-electron chi connectivity index (χ4n) is 4.75. The Bertz CT molecular complexity index is 1460. The van der Waals surface area contributed by atoms with E-state index in [0.29, 0.717) is 27.5 Å². The Kier molecular flexibility index (Phi) is 5.37. The second-order valence-corrected chi connectivity index (χ2v) is 8.32. The lowest BCUT2D eigenvalue weighted by Gasteiger charge is -2.15. The predicted octanol–water partition coefficient (Wildman–Crippen LogP) is 3.43. The second kappa shape index (κ2) is 8.29. The van der Waals surface area contributed by atoms with E-state index < -0.39 is 24.2 Å². The van der Waals surface area contributed by atoms with Crippen molar-refractivity contribution >= 4 is 28.4 Å². The van der Waals surface area contributed by atoms with E-state index in [-0.39, 0.29) is 5.56 Å². The van der Waals surface area contributed by atoms with Crippen molar-refractivity contribution in [3.05, 3.63) is 53.2 Å². The van der Waals surface area contributed by atoms with Crippen molar-refractivity contribution in [2.45, 2.75) is 31.9 Å². The van der Waals surface area contributed by atoms with Gasteiger partial charge in [0.2, 0.25) is 5.91 Å². The average molecular weight is 485 g/mol. The van der Waals surface area contributed by atoms with Gasteiger partial charge in [-0.2, -0.15) is 18.3 Å². The molecule has 4 aromatic rings. The third-order valence-corrected chi connectivity index (χ3v) is 6.17. The van der Waals surface area contributed by atoms with Crippen LogP contribution in [0.1, 0.15) is 28.9 Å². The number of alkyl halides is 3. The molecule has 182 valence electrons. The van der Waals surface area contributed by atoms with E-state index in [1.807, 2.05) is 4.57 Å². The predicted molar refractivity (Wildman–Crippen MR) is 122 cm³/mol. The van der Waals surface area contributed by atoms with Gasteiger partial charge in [-0.05, 0) is 37.0 Å². The number of methoxy groups -OCH3 is 1. The molecule has 5 rings (SSSR count). The van der Waals surface area contributed by atoms with Crippen LogP contribution in [0.2, 0.25) is 0 Å².